The lowest BCUT2D eigenvalue weighted by Crippen LogP contribution is -2.63. The monoisotopic (exact) mass is 254 g/mol. The zero-order valence-electron chi connectivity index (χ0n) is 11.5. The van der Waals surface area contributed by atoms with E-state index in [0.717, 1.165) is 58.7 Å². The molecule has 0 unspecified atom stereocenters. The number of nitrogens with zero attached hydrogens (tertiary/aromatic N) is 2. The minimum atomic E-state index is 0.183. The van der Waals surface area contributed by atoms with E-state index in [2.05, 4.69) is 27.4 Å². The van der Waals surface area contributed by atoms with E-state index in [9.17, 15) is 4.79 Å². The number of likely N-dealkylation sites (tertiary alicyclic amines) is 1. The smallest absolute Gasteiger partial charge is 0.234 e. The maximum atomic E-state index is 11.6. The summed E-state index contributed by atoms with van der Waals surface area (Å²) in [5, 5.41) is 6.34. The maximum Gasteiger partial charge on any atom is 0.234 e. The van der Waals surface area contributed by atoms with E-state index in [-0.39, 0.29) is 5.91 Å². The molecule has 0 saturated carbocycles. The minimum Gasteiger partial charge on any atom is -0.355 e. The largest absolute Gasteiger partial charge is 0.355 e. The highest BCUT2D eigenvalue weighted by Gasteiger charge is 2.32. The van der Waals surface area contributed by atoms with Crippen LogP contribution in [0.25, 0.3) is 0 Å². The van der Waals surface area contributed by atoms with E-state index < -0.39 is 0 Å². The lowest BCUT2D eigenvalue weighted by atomic mass is 10.1. The number of carbonyl (C=O) groups is 1. The summed E-state index contributed by atoms with van der Waals surface area (Å²) in [6.07, 6.45) is 2.21. The number of rotatable bonds is 6. The third-order valence-electron chi connectivity index (χ3n) is 3.83. The van der Waals surface area contributed by atoms with Crippen LogP contribution in [-0.4, -0.2) is 74.1 Å². The van der Waals surface area contributed by atoms with E-state index >= 15 is 0 Å². The van der Waals surface area contributed by atoms with Crippen molar-refractivity contribution in [3.8, 4) is 0 Å². The van der Waals surface area contributed by atoms with Crippen LogP contribution in [0.2, 0.25) is 0 Å². The standard InChI is InChI=1S/C13H26N4O/c1-2-3-4-15-13(18)11-16-9-12(10-16)17-7-5-14-6-8-17/h12,14H,2-11H2,1H3,(H,15,18). The summed E-state index contributed by atoms with van der Waals surface area (Å²) in [6, 6.07) is 0.676. The molecule has 2 N–H and O–H groups in total. The second-order valence-electron chi connectivity index (χ2n) is 5.34. The second-order valence-corrected chi connectivity index (χ2v) is 5.34. The van der Waals surface area contributed by atoms with Crippen molar-refractivity contribution in [2.45, 2.75) is 25.8 Å². The van der Waals surface area contributed by atoms with E-state index in [1.165, 1.54) is 0 Å². The van der Waals surface area contributed by atoms with Gasteiger partial charge in [0.15, 0.2) is 0 Å². The lowest BCUT2D eigenvalue weighted by molar-refractivity contribution is -0.124. The number of nitrogens with one attached hydrogen (secondary N) is 2. The fourth-order valence-corrected chi connectivity index (χ4v) is 2.61. The van der Waals surface area contributed by atoms with Gasteiger partial charge in [0.2, 0.25) is 5.91 Å². The quantitative estimate of drug-likeness (QED) is 0.627. The van der Waals surface area contributed by atoms with Crippen LogP contribution in [0.1, 0.15) is 19.8 Å². The fraction of sp³-hybridized carbons (Fsp3) is 0.923. The third kappa shape index (κ3) is 3.93. The minimum absolute atomic E-state index is 0.183. The molecule has 0 bridgehead atoms. The summed E-state index contributed by atoms with van der Waals surface area (Å²) in [5.41, 5.74) is 0. The first-order valence-electron chi connectivity index (χ1n) is 7.23. The average Bonchev–Trinajstić information content (AvgIpc) is 2.35. The molecule has 0 aromatic rings. The van der Waals surface area contributed by atoms with Gasteiger partial charge in [0.1, 0.15) is 0 Å². The Morgan fingerprint density at radius 1 is 1.33 bits per heavy atom. The number of hydrogen-bond donors (Lipinski definition) is 2. The van der Waals surface area contributed by atoms with Crippen LogP contribution in [-0.2, 0) is 4.79 Å². The van der Waals surface area contributed by atoms with Crippen molar-refractivity contribution >= 4 is 5.91 Å². The van der Waals surface area contributed by atoms with Gasteiger partial charge in [-0.2, -0.15) is 0 Å². The van der Waals surface area contributed by atoms with Crippen molar-refractivity contribution in [1.82, 2.24) is 20.4 Å². The normalized spacial score (nSPS) is 22.7. The molecule has 2 saturated heterocycles. The number of carbonyl (C=O) groups excluding carboxylic acids is 1. The number of hydrogen-bond acceptors (Lipinski definition) is 4. The van der Waals surface area contributed by atoms with Crippen LogP contribution in [0.4, 0.5) is 0 Å². The van der Waals surface area contributed by atoms with Crippen LogP contribution in [0.3, 0.4) is 0 Å². The molecule has 0 aromatic heterocycles. The third-order valence-corrected chi connectivity index (χ3v) is 3.83. The Bertz CT molecular complexity index is 260. The van der Waals surface area contributed by atoms with Crippen LogP contribution >= 0.6 is 0 Å². The van der Waals surface area contributed by atoms with Crippen molar-refractivity contribution in [3.63, 3.8) is 0 Å². The van der Waals surface area contributed by atoms with E-state index in [1.54, 1.807) is 0 Å². The first-order valence-corrected chi connectivity index (χ1v) is 7.23. The predicted octanol–water partition coefficient (Wildman–Crippen LogP) is -0.508. The van der Waals surface area contributed by atoms with Gasteiger partial charge in [-0.1, -0.05) is 13.3 Å². The molecule has 0 aromatic carbocycles. The first-order chi connectivity index (χ1) is 8.79. The molecule has 2 fully saturated rings. The summed E-state index contributed by atoms with van der Waals surface area (Å²) in [6.45, 7) is 10.2. The average molecular weight is 254 g/mol. The topological polar surface area (TPSA) is 47.6 Å². The second kappa shape index (κ2) is 7.07. The zero-order valence-corrected chi connectivity index (χ0v) is 11.5. The van der Waals surface area contributed by atoms with Crippen molar-refractivity contribution in [2.24, 2.45) is 0 Å². The molecule has 0 spiro atoms. The molecular weight excluding hydrogens is 228 g/mol. The van der Waals surface area contributed by atoms with Crippen LogP contribution in [0.5, 0.6) is 0 Å². The van der Waals surface area contributed by atoms with Gasteiger partial charge in [-0.05, 0) is 6.42 Å². The van der Waals surface area contributed by atoms with Gasteiger partial charge >= 0.3 is 0 Å². The van der Waals surface area contributed by atoms with Gasteiger partial charge in [-0.15, -0.1) is 0 Å². The fourth-order valence-electron chi connectivity index (χ4n) is 2.61. The molecule has 5 nitrogen and oxygen atoms in total. The lowest BCUT2D eigenvalue weighted by Gasteiger charge is -2.46. The molecule has 0 atom stereocenters. The van der Waals surface area contributed by atoms with Crippen molar-refractivity contribution in [3.05, 3.63) is 0 Å². The van der Waals surface area contributed by atoms with Crippen LogP contribution in [0.15, 0.2) is 0 Å². The summed E-state index contributed by atoms with van der Waals surface area (Å²) in [4.78, 5) is 16.4. The van der Waals surface area contributed by atoms with Gasteiger partial charge in [-0.25, -0.2) is 0 Å². The van der Waals surface area contributed by atoms with Gasteiger partial charge in [0.25, 0.3) is 0 Å². The van der Waals surface area contributed by atoms with Crippen LogP contribution in [0, 0.1) is 0 Å². The Morgan fingerprint density at radius 3 is 2.72 bits per heavy atom. The molecule has 2 aliphatic rings. The predicted molar refractivity (Wildman–Crippen MR) is 72.6 cm³/mol. The molecule has 18 heavy (non-hydrogen) atoms. The summed E-state index contributed by atoms with van der Waals surface area (Å²) in [5.74, 6) is 0.183. The van der Waals surface area contributed by atoms with Gasteiger partial charge < -0.3 is 10.6 Å². The molecule has 2 rings (SSSR count). The molecule has 2 heterocycles. The van der Waals surface area contributed by atoms with E-state index in [1.807, 2.05) is 0 Å². The summed E-state index contributed by atoms with van der Waals surface area (Å²) in [7, 11) is 0. The zero-order chi connectivity index (χ0) is 12.8. The number of unbranched alkanes of at least 4 members (excludes halogenated alkanes) is 1. The Hall–Kier alpha value is -0.650. The summed E-state index contributed by atoms with van der Waals surface area (Å²) < 4.78 is 0. The Balaban J connectivity index is 1.56. The molecule has 1 amide bonds. The molecular formula is C13H26N4O. The maximum absolute atomic E-state index is 11.6. The molecule has 0 radical (unpaired) electrons. The van der Waals surface area contributed by atoms with Crippen LogP contribution < -0.4 is 10.6 Å². The SMILES string of the molecule is CCCCNC(=O)CN1CC(N2CCNCC2)C1. The van der Waals surface area contributed by atoms with Gasteiger partial charge in [0.05, 0.1) is 6.54 Å². The van der Waals surface area contributed by atoms with Crippen molar-refractivity contribution < 1.29 is 4.79 Å². The molecule has 2 aliphatic heterocycles. The van der Waals surface area contributed by atoms with Crippen molar-refractivity contribution in [2.75, 3.05) is 52.4 Å². The van der Waals surface area contributed by atoms with Gasteiger partial charge in [-0.3, -0.25) is 14.6 Å². The molecule has 0 aliphatic carbocycles. The Kier molecular flexibility index (Phi) is 5.41. The van der Waals surface area contributed by atoms with Crippen molar-refractivity contribution in [1.29, 1.82) is 0 Å². The van der Waals surface area contributed by atoms with Gasteiger partial charge in [0, 0.05) is 51.9 Å². The highest BCUT2D eigenvalue weighted by molar-refractivity contribution is 5.78. The van der Waals surface area contributed by atoms with E-state index in [0.29, 0.717) is 12.6 Å². The summed E-state index contributed by atoms with van der Waals surface area (Å²) >= 11 is 0. The highest BCUT2D eigenvalue weighted by atomic mass is 16.2. The first kappa shape index (κ1) is 13.8. The number of amides is 1. The van der Waals surface area contributed by atoms with E-state index in [4.69, 9.17) is 0 Å². The Morgan fingerprint density at radius 2 is 2.06 bits per heavy atom. The Labute approximate surface area is 110 Å². The molecule has 5 heteroatoms. The molecule has 104 valence electrons. The number of piperazine rings is 1. The highest BCUT2D eigenvalue weighted by Crippen LogP contribution is 2.14.